The van der Waals surface area contributed by atoms with Gasteiger partial charge in [0.2, 0.25) is 5.69 Å². The summed E-state index contributed by atoms with van der Waals surface area (Å²) in [4.78, 5) is 15.5. The summed E-state index contributed by atoms with van der Waals surface area (Å²) in [5.41, 5.74) is 9.35. The average Bonchev–Trinajstić information content (AvgIpc) is 4.05. The molecule has 240 valence electrons. The lowest BCUT2D eigenvalue weighted by Crippen LogP contribution is -2.37. The van der Waals surface area contributed by atoms with E-state index in [-0.39, 0.29) is 11.7 Å². The number of anilines is 1. The molecule has 1 aromatic heterocycles. The third-order valence-electron chi connectivity index (χ3n) is 7.82. The molecule has 1 atom stereocenters. The number of aldehydes is 1. The van der Waals surface area contributed by atoms with E-state index in [9.17, 15) is 9.18 Å². The molecule has 1 unspecified atom stereocenters. The van der Waals surface area contributed by atoms with Crippen LogP contribution in [0.2, 0.25) is 10.0 Å². The topological polar surface area (TPSA) is 94.3 Å². The highest BCUT2D eigenvalue weighted by atomic mass is 35.5. The van der Waals surface area contributed by atoms with E-state index in [0.29, 0.717) is 10.6 Å². The quantitative estimate of drug-likeness (QED) is 0.149. The number of rotatable bonds is 5. The summed E-state index contributed by atoms with van der Waals surface area (Å²) in [5, 5.41) is 13.9. The molecule has 8 rings (SSSR count). The number of fused-ring (bicyclic) bond motifs is 3. The lowest BCUT2D eigenvalue weighted by Gasteiger charge is -2.38. The van der Waals surface area contributed by atoms with Crippen molar-refractivity contribution in [1.29, 1.82) is 0 Å². The first-order valence-corrected chi connectivity index (χ1v) is 16.1. The summed E-state index contributed by atoms with van der Waals surface area (Å²) in [6.07, 6.45) is 6.16. The molecule has 0 saturated heterocycles. The number of hydrogen-bond acceptors (Lipinski definition) is 6. The van der Waals surface area contributed by atoms with Crippen molar-refractivity contribution in [2.45, 2.75) is 31.7 Å². The molecule has 8 nitrogen and oxygen atoms in total. The van der Waals surface area contributed by atoms with Gasteiger partial charge >= 0.3 is 0 Å². The minimum atomic E-state index is -0.451. The summed E-state index contributed by atoms with van der Waals surface area (Å²) in [5.74, 6) is 2.08. The standard InChI is InChI=1S/C18H16ClN5.C7H5ClO.C7H4FN.C4H9N/c19-14-9-7-13(8-10-14)17-18-20-21-22-24(18)16-4-2-1-3-15(16)23(17)11-12-5-6-12;8-7-3-1-6(5-9)2-4-7;1-9-7-5-3-2-4-6(7)8;5-3-4-1-2-4/h1-4,7-10,12,17H,5-6,11H2;1-5H;2-5H;4H,1-3,5H2. The van der Waals surface area contributed by atoms with Gasteiger partial charge < -0.3 is 10.6 Å². The number of hydrogen-bond donors (Lipinski definition) is 1. The number of benzene rings is 4. The van der Waals surface area contributed by atoms with Gasteiger partial charge in [-0.1, -0.05) is 77.8 Å². The van der Waals surface area contributed by atoms with Crippen LogP contribution in [-0.2, 0) is 0 Å². The second-order valence-corrected chi connectivity index (χ2v) is 12.3. The Morgan fingerprint density at radius 2 is 1.45 bits per heavy atom. The van der Waals surface area contributed by atoms with Crippen LogP contribution in [0.3, 0.4) is 0 Å². The Kier molecular flexibility index (Phi) is 11.7. The van der Waals surface area contributed by atoms with E-state index in [1.807, 2.05) is 22.9 Å². The van der Waals surface area contributed by atoms with Gasteiger partial charge in [0.1, 0.15) is 18.1 Å². The first kappa shape index (κ1) is 33.7. The lowest BCUT2D eigenvalue weighted by atomic mass is 10.00. The Hall–Kier alpha value is -4.62. The van der Waals surface area contributed by atoms with Crippen LogP contribution >= 0.6 is 23.2 Å². The van der Waals surface area contributed by atoms with Crippen LogP contribution in [0.15, 0.2) is 97.1 Å². The van der Waals surface area contributed by atoms with E-state index in [2.05, 4.69) is 55.6 Å². The Morgan fingerprint density at radius 3 is 1.98 bits per heavy atom. The second kappa shape index (κ2) is 16.3. The molecule has 2 fully saturated rings. The minimum Gasteiger partial charge on any atom is -0.355 e. The molecule has 0 spiro atoms. The minimum absolute atomic E-state index is 0.00719. The monoisotopic (exact) mass is 669 g/mol. The van der Waals surface area contributed by atoms with Crippen molar-refractivity contribution in [3.05, 3.63) is 141 Å². The van der Waals surface area contributed by atoms with Gasteiger partial charge in [-0.15, -0.1) is 5.10 Å². The maximum absolute atomic E-state index is 12.4. The largest absolute Gasteiger partial charge is 0.355 e. The molecule has 0 amide bonds. The van der Waals surface area contributed by atoms with E-state index in [1.165, 1.54) is 43.5 Å². The fourth-order valence-corrected chi connectivity index (χ4v) is 5.15. The maximum atomic E-state index is 12.4. The second-order valence-electron chi connectivity index (χ2n) is 11.4. The van der Waals surface area contributed by atoms with Gasteiger partial charge in [0.15, 0.2) is 5.82 Å². The Bertz CT molecular complexity index is 1800. The summed E-state index contributed by atoms with van der Waals surface area (Å²) in [7, 11) is 0. The fourth-order valence-electron chi connectivity index (χ4n) is 4.89. The van der Waals surface area contributed by atoms with Crippen LogP contribution in [0.4, 0.5) is 15.8 Å². The van der Waals surface area contributed by atoms with E-state index in [0.717, 1.165) is 53.3 Å². The van der Waals surface area contributed by atoms with Gasteiger partial charge in [0.25, 0.3) is 0 Å². The molecule has 2 N–H and O–H groups in total. The van der Waals surface area contributed by atoms with Crippen LogP contribution < -0.4 is 10.6 Å². The van der Waals surface area contributed by atoms with E-state index < -0.39 is 5.82 Å². The SMILES string of the molecule is Clc1ccc(C2c3nnnn3-c3ccccc3N2CC2CC2)cc1.NCC1CC1.O=Cc1ccc(Cl)cc1.[C-]#[N+]c1ccccc1F. The lowest BCUT2D eigenvalue weighted by molar-refractivity contribution is 0.112. The van der Waals surface area contributed by atoms with Crippen molar-refractivity contribution < 1.29 is 9.18 Å². The van der Waals surface area contributed by atoms with Crippen LogP contribution in [-0.4, -0.2) is 39.6 Å². The first-order valence-electron chi connectivity index (χ1n) is 15.3. The molecule has 0 bridgehead atoms. The van der Waals surface area contributed by atoms with Crippen LogP contribution in [0.5, 0.6) is 0 Å². The Morgan fingerprint density at radius 1 is 0.851 bits per heavy atom. The van der Waals surface area contributed by atoms with E-state index >= 15 is 0 Å². The van der Waals surface area contributed by atoms with Crippen LogP contribution in [0, 0.1) is 24.2 Å². The van der Waals surface area contributed by atoms with E-state index in [4.69, 9.17) is 35.5 Å². The molecule has 4 aromatic carbocycles. The molecular formula is C36H34Cl2FN7O. The molecular weight excluding hydrogens is 636 g/mol. The van der Waals surface area contributed by atoms with Gasteiger partial charge in [0.05, 0.1) is 17.9 Å². The number of para-hydroxylation sites is 3. The molecule has 2 heterocycles. The average molecular weight is 671 g/mol. The highest BCUT2D eigenvalue weighted by molar-refractivity contribution is 6.30. The molecule has 0 radical (unpaired) electrons. The predicted molar refractivity (Wildman–Crippen MR) is 184 cm³/mol. The number of carbonyl (C=O) groups excluding carboxylic acids is 1. The highest BCUT2D eigenvalue weighted by Gasteiger charge is 2.37. The zero-order valence-electron chi connectivity index (χ0n) is 25.6. The zero-order valence-corrected chi connectivity index (χ0v) is 27.1. The summed E-state index contributed by atoms with van der Waals surface area (Å²) < 4.78 is 14.2. The van der Waals surface area contributed by atoms with Crippen LogP contribution in [0.25, 0.3) is 10.5 Å². The van der Waals surface area contributed by atoms with Crippen molar-refractivity contribution in [2.75, 3.05) is 18.0 Å². The molecule has 5 aromatic rings. The molecule has 11 heteroatoms. The highest BCUT2D eigenvalue weighted by Crippen LogP contribution is 2.43. The van der Waals surface area contributed by atoms with Crippen molar-refractivity contribution in [2.24, 2.45) is 17.6 Å². The smallest absolute Gasteiger partial charge is 0.222 e. The molecule has 2 aliphatic carbocycles. The summed E-state index contributed by atoms with van der Waals surface area (Å²) >= 11 is 11.6. The van der Waals surface area contributed by atoms with Crippen molar-refractivity contribution in [1.82, 2.24) is 20.2 Å². The number of nitrogens with zero attached hydrogens (tertiary/aromatic N) is 6. The van der Waals surface area contributed by atoms with Gasteiger partial charge in [-0.2, -0.15) is 4.68 Å². The molecule has 1 aliphatic heterocycles. The van der Waals surface area contributed by atoms with Gasteiger partial charge in [-0.25, -0.2) is 9.24 Å². The van der Waals surface area contributed by atoms with Gasteiger partial charge in [-0.05, 0) is 103 Å². The van der Waals surface area contributed by atoms with Crippen molar-refractivity contribution >= 4 is 40.9 Å². The molecule has 2 saturated carbocycles. The number of nitrogens with two attached hydrogens (primary N) is 1. The maximum Gasteiger partial charge on any atom is 0.222 e. The normalized spacial score (nSPS) is 15.6. The Labute approximate surface area is 283 Å². The van der Waals surface area contributed by atoms with Gasteiger partial charge in [-0.3, -0.25) is 4.79 Å². The summed E-state index contributed by atoms with van der Waals surface area (Å²) in [6, 6.07) is 29.0. The van der Waals surface area contributed by atoms with E-state index in [1.54, 1.807) is 36.4 Å². The van der Waals surface area contributed by atoms with Crippen molar-refractivity contribution in [3.63, 3.8) is 0 Å². The number of halogens is 3. The molecule has 47 heavy (non-hydrogen) atoms. The first-order chi connectivity index (χ1) is 22.9. The molecule has 3 aliphatic rings. The fraction of sp³-hybridized carbons (Fsp3) is 0.250. The number of carbonyl (C=O) groups is 1. The summed E-state index contributed by atoms with van der Waals surface area (Å²) in [6.45, 7) is 8.41. The van der Waals surface area contributed by atoms with Crippen molar-refractivity contribution in [3.8, 4) is 5.69 Å². The predicted octanol–water partition coefficient (Wildman–Crippen LogP) is 8.52. The zero-order chi connectivity index (χ0) is 33.2. The number of aromatic nitrogens is 4. The Balaban J connectivity index is 0.000000154. The van der Waals surface area contributed by atoms with Crippen LogP contribution in [0.1, 0.15) is 53.5 Å². The van der Waals surface area contributed by atoms with Gasteiger partial charge in [0, 0.05) is 22.2 Å². The third kappa shape index (κ3) is 9.23. The number of tetrazole rings is 1. The third-order valence-corrected chi connectivity index (χ3v) is 8.32.